The largest absolute Gasteiger partial charge is 0.481 e. The molecule has 5 heteroatoms. The molecule has 0 spiro atoms. The number of nitrogens with one attached hydrogen (secondary N) is 1. The van der Waals surface area contributed by atoms with Crippen LogP contribution in [-0.4, -0.2) is 17.0 Å². The van der Waals surface area contributed by atoms with Gasteiger partial charge in [0, 0.05) is 0 Å². The Morgan fingerprint density at radius 1 is 1.05 bits per heavy atom. The van der Waals surface area contributed by atoms with Gasteiger partial charge in [-0.3, -0.25) is 9.59 Å². The Kier molecular flexibility index (Phi) is 4.95. The summed E-state index contributed by atoms with van der Waals surface area (Å²) in [5.74, 6) is -1.38. The van der Waals surface area contributed by atoms with Crippen LogP contribution in [0.25, 0.3) is 0 Å². The number of carbonyl (C=O) groups excluding carboxylic acids is 1. The van der Waals surface area contributed by atoms with Crippen LogP contribution in [0, 0.1) is 0 Å². The SMILES string of the molecule is O=C(O)C[C@@H](NC(=O)c1ccccc1Cl)c1ccccc1. The molecule has 0 bridgehead atoms. The summed E-state index contributed by atoms with van der Waals surface area (Å²) in [4.78, 5) is 23.2. The van der Waals surface area contributed by atoms with Crippen molar-refractivity contribution in [3.8, 4) is 0 Å². The van der Waals surface area contributed by atoms with E-state index in [4.69, 9.17) is 16.7 Å². The molecule has 4 nitrogen and oxygen atoms in total. The molecule has 1 amide bonds. The predicted molar refractivity (Wildman–Crippen MR) is 80.4 cm³/mol. The van der Waals surface area contributed by atoms with E-state index in [-0.39, 0.29) is 6.42 Å². The molecule has 108 valence electrons. The fourth-order valence-electron chi connectivity index (χ4n) is 1.99. The maximum atomic E-state index is 12.2. The van der Waals surface area contributed by atoms with Gasteiger partial charge in [-0.05, 0) is 17.7 Å². The minimum absolute atomic E-state index is 0.194. The average molecular weight is 304 g/mol. The summed E-state index contributed by atoms with van der Waals surface area (Å²) in [6, 6.07) is 15.0. The van der Waals surface area contributed by atoms with Gasteiger partial charge in [-0.25, -0.2) is 0 Å². The van der Waals surface area contributed by atoms with Gasteiger partial charge in [0.1, 0.15) is 0 Å². The Labute approximate surface area is 127 Å². The van der Waals surface area contributed by atoms with Gasteiger partial charge < -0.3 is 10.4 Å². The van der Waals surface area contributed by atoms with Crippen molar-refractivity contribution in [2.75, 3.05) is 0 Å². The van der Waals surface area contributed by atoms with Gasteiger partial charge in [0.25, 0.3) is 5.91 Å². The van der Waals surface area contributed by atoms with E-state index in [1.165, 1.54) is 0 Å². The summed E-state index contributed by atoms with van der Waals surface area (Å²) in [6.45, 7) is 0. The van der Waals surface area contributed by atoms with E-state index in [2.05, 4.69) is 5.32 Å². The number of rotatable bonds is 5. The predicted octanol–water partition coefficient (Wildman–Crippen LogP) is 3.29. The Bertz CT molecular complexity index is 643. The number of hydrogen-bond acceptors (Lipinski definition) is 2. The number of amides is 1. The van der Waals surface area contributed by atoms with Gasteiger partial charge in [-0.2, -0.15) is 0 Å². The highest BCUT2D eigenvalue weighted by molar-refractivity contribution is 6.33. The second-order valence-corrected chi connectivity index (χ2v) is 4.92. The molecule has 0 saturated carbocycles. The van der Waals surface area contributed by atoms with Crippen LogP contribution in [0.3, 0.4) is 0 Å². The molecular weight excluding hydrogens is 290 g/mol. The molecule has 21 heavy (non-hydrogen) atoms. The Hall–Kier alpha value is -2.33. The molecule has 0 aliphatic heterocycles. The number of hydrogen-bond donors (Lipinski definition) is 2. The second-order valence-electron chi connectivity index (χ2n) is 4.51. The summed E-state index contributed by atoms with van der Waals surface area (Å²) in [5.41, 5.74) is 1.06. The Morgan fingerprint density at radius 2 is 1.67 bits per heavy atom. The molecule has 2 aromatic rings. The van der Waals surface area contributed by atoms with Gasteiger partial charge in [-0.1, -0.05) is 54.1 Å². The summed E-state index contributed by atoms with van der Waals surface area (Å²) in [6.07, 6.45) is -0.194. The molecule has 1 atom stereocenters. The van der Waals surface area contributed by atoms with Crippen molar-refractivity contribution in [3.05, 3.63) is 70.7 Å². The zero-order valence-electron chi connectivity index (χ0n) is 11.1. The standard InChI is InChI=1S/C16H14ClNO3/c17-13-9-5-4-8-12(13)16(21)18-14(10-15(19)20)11-6-2-1-3-7-11/h1-9,14H,10H2,(H,18,21)(H,19,20)/t14-/m1/s1. The highest BCUT2D eigenvalue weighted by Crippen LogP contribution is 2.20. The van der Waals surface area contributed by atoms with Crippen LogP contribution in [0.4, 0.5) is 0 Å². The first-order valence-corrected chi connectivity index (χ1v) is 6.78. The monoisotopic (exact) mass is 303 g/mol. The lowest BCUT2D eigenvalue weighted by atomic mass is 10.0. The van der Waals surface area contributed by atoms with Gasteiger partial charge in [-0.15, -0.1) is 0 Å². The zero-order valence-corrected chi connectivity index (χ0v) is 11.9. The van der Waals surface area contributed by atoms with E-state index in [9.17, 15) is 9.59 Å². The van der Waals surface area contributed by atoms with Crippen molar-refractivity contribution in [1.29, 1.82) is 0 Å². The van der Waals surface area contributed by atoms with E-state index < -0.39 is 17.9 Å². The average Bonchev–Trinajstić information content (AvgIpc) is 2.47. The number of halogens is 1. The van der Waals surface area contributed by atoms with Gasteiger partial charge >= 0.3 is 5.97 Å². The van der Waals surface area contributed by atoms with Gasteiger partial charge in [0.15, 0.2) is 0 Å². The Morgan fingerprint density at radius 3 is 2.29 bits per heavy atom. The van der Waals surface area contributed by atoms with Crippen molar-refractivity contribution in [2.24, 2.45) is 0 Å². The summed E-state index contributed by atoms with van der Waals surface area (Å²) in [5, 5.41) is 12.1. The van der Waals surface area contributed by atoms with E-state index in [0.29, 0.717) is 10.6 Å². The zero-order chi connectivity index (χ0) is 15.2. The van der Waals surface area contributed by atoms with Crippen LogP contribution in [0.1, 0.15) is 28.4 Å². The molecule has 0 heterocycles. The molecule has 2 aromatic carbocycles. The van der Waals surface area contributed by atoms with Crippen LogP contribution in [0.2, 0.25) is 5.02 Å². The third kappa shape index (κ3) is 4.07. The molecule has 0 aromatic heterocycles. The number of benzene rings is 2. The van der Waals surface area contributed by atoms with Crippen molar-refractivity contribution >= 4 is 23.5 Å². The molecule has 0 aliphatic carbocycles. The highest BCUT2D eigenvalue weighted by atomic mass is 35.5. The second kappa shape index (κ2) is 6.90. The minimum atomic E-state index is -0.983. The Balaban J connectivity index is 2.21. The van der Waals surface area contributed by atoms with Crippen LogP contribution in [-0.2, 0) is 4.79 Å². The van der Waals surface area contributed by atoms with Crippen LogP contribution in [0.5, 0.6) is 0 Å². The van der Waals surface area contributed by atoms with Crippen LogP contribution < -0.4 is 5.32 Å². The molecular formula is C16H14ClNO3. The molecule has 2 rings (SSSR count). The maximum Gasteiger partial charge on any atom is 0.305 e. The topological polar surface area (TPSA) is 66.4 Å². The highest BCUT2D eigenvalue weighted by Gasteiger charge is 2.19. The molecule has 0 aliphatic rings. The summed E-state index contributed by atoms with van der Waals surface area (Å²) < 4.78 is 0. The molecule has 0 saturated heterocycles. The smallest absolute Gasteiger partial charge is 0.305 e. The first-order valence-electron chi connectivity index (χ1n) is 6.40. The van der Waals surface area contributed by atoms with E-state index in [0.717, 1.165) is 5.56 Å². The van der Waals surface area contributed by atoms with Crippen molar-refractivity contribution in [3.63, 3.8) is 0 Å². The van der Waals surface area contributed by atoms with E-state index >= 15 is 0 Å². The first-order chi connectivity index (χ1) is 10.1. The normalized spacial score (nSPS) is 11.7. The maximum absolute atomic E-state index is 12.2. The van der Waals surface area contributed by atoms with Gasteiger partial charge in [0.05, 0.1) is 23.0 Å². The first kappa shape index (κ1) is 15.1. The molecule has 0 radical (unpaired) electrons. The molecule has 0 fully saturated rings. The van der Waals surface area contributed by atoms with Crippen LogP contribution >= 0.6 is 11.6 Å². The minimum Gasteiger partial charge on any atom is -0.481 e. The lowest BCUT2D eigenvalue weighted by Crippen LogP contribution is -2.30. The van der Waals surface area contributed by atoms with Crippen molar-refractivity contribution in [2.45, 2.75) is 12.5 Å². The third-order valence-corrected chi connectivity index (χ3v) is 3.33. The quantitative estimate of drug-likeness (QED) is 0.890. The van der Waals surface area contributed by atoms with E-state index in [1.807, 2.05) is 6.07 Å². The van der Waals surface area contributed by atoms with Crippen molar-refractivity contribution < 1.29 is 14.7 Å². The summed E-state index contributed by atoms with van der Waals surface area (Å²) in [7, 11) is 0. The lowest BCUT2D eigenvalue weighted by molar-refractivity contribution is -0.137. The fourth-order valence-corrected chi connectivity index (χ4v) is 2.22. The fraction of sp³-hybridized carbons (Fsp3) is 0.125. The number of carbonyl (C=O) groups is 2. The number of aliphatic carboxylic acids is 1. The van der Waals surface area contributed by atoms with Crippen LogP contribution in [0.15, 0.2) is 54.6 Å². The third-order valence-electron chi connectivity index (χ3n) is 3.00. The van der Waals surface area contributed by atoms with Crippen molar-refractivity contribution in [1.82, 2.24) is 5.32 Å². The van der Waals surface area contributed by atoms with Gasteiger partial charge in [0.2, 0.25) is 0 Å². The molecule has 0 unspecified atom stereocenters. The summed E-state index contributed by atoms with van der Waals surface area (Å²) >= 11 is 5.98. The molecule has 2 N–H and O–H groups in total. The number of carboxylic acids is 1. The van der Waals surface area contributed by atoms with E-state index in [1.54, 1.807) is 48.5 Å². The lowest BCUT2D eigenvalue weighted by Gasteiger charge is -2.17. The number of carboxylic acid groups (broad SMARTS) is 1.